The summed E-state index contributed by atoms with van der Waals surface area (Å²) in [4.78, 5) is 40.1. The van der Waals surface area contributed by atoms with E-state index in [-0.39, 0.29) is 34.6 Å². The molecule has 0 bridgehead atoms. The Morgan fingerprint density at radius 3 is 2.40 bits per heavy atom. The van der Waals surface area contributed by atoms with Gasteiger partial charge in [0.05, 0.1) is 28.0 Å². The third-order valence-electron chi connectivity index (χ3n) is 7.71. The SMILES string of the molecule is Cn1c(-c2cn(C3CC3(F)F)nc2C(F)(F)F)cnc1C(=O)Nc1ccc(C(=O)N2C[C@H]3CNC[C@@H]3C2)c(Cl)c1.O=CO. The number of anilines is 1. The van der Waals surface area contributed by atoms with Crippen molar-refractivity contribution in [2.75, 3.05) is 31.5 Å². The Hall–Kier alpha value is -4.05. The van der Waals surface area contributed by atoms with Crippen LogP contribution in [0.4, 0.5) is 27.6 Å². The van der Waals surface area contributed by atoms with Crippen molar-refractivity contribution in [3.05, 3.63) is 52.7 Å². The van der Waals surface area contributed by atoms with Crippen LogP contribution in [0.3, 0.4) is 0 Å². The molecule has 1 unspecified atom stereocenters. The highest BCUT2D eigenvalue weighted by Crippen LogP contribution is 2.53. The molecule has 2 amide bonds. The predicted molar refractivity (Wildman–Crippen MR) is 142 cm³/mol. The summed E-state index contributed by atoms with van der Waals surface area (Å²) in [5.41, 5.74) is -1.41. The Morgan fingerprint density at radius 1 is 1.21 bits per heavy atom. The van der Waals surface area contributed by atoms with Gasteiger partial charge in [0.2, 0.25) is 0 Å². The summed E-state index contributed by atoms with van der Waals surface area (Å²) in [5.74, 6) is -3.48. The highest BCUT2D eigenvalue weighted by molar-refractivity contribution is 6.34. The molecule has 3 fully saturated rings. The largest absolute Gasteiger partial charge is 0.483 e. The maximum atomic E-state index is 13.7. The van der Waals surface area contributed by atoms with Crippen molar-refractivity contribution in [2.24, 2.45) is 18.9 Å². The number of carbonyl (C=O) groups excluding carboxylic acids is 2. The quantitative estimate of drug-likeness (QED) is 0.289. The zero-order chi connectivity index (χ0) is 31.3. The summed E-state index contributed by atoms with van der Waals surface area (Å²) in [5, 5.41) is 16.3. The second-order valence-corrected chi connectivity index (χ2v) is 10.9. The molecule has 3 atom stereocenters. The van der Waals surface area contributed by atoms with Crippen molar-refractivity contribution in [1.29, 1.82) is 0 Å². The second-order valence-electron chi connectivity index (χ2n) is 10.5. The minimum Gasteiger partial charge on any atom is -0.483 e. The number of likely N-dealkylation sites (tertiary alicyclic amines) is 1. The van der Waals surface area contributed by atoms with E-state index < -0.39 is 41.7 Å². The van der Waals surface area contributed by atoms with Crippen LogP contribution in [0.15, 0.2) is 30.6 Å². The van der Waals surface area contributed by atoms with Crippen LogP contribution in [0.25, 0.3) is 11.3 Å². The minimum atomic E-state index is -4.92. The monoisotopic (exact) mass is 629 g/mol. The fourth-order valence-corrected chi connectivity index (χ4v) is 5.71. The van der Waals surface area contributed by atoms with Crippen molar-refractivity contribution < 1.29 is 41.4 Å². The van der Waals surface area contributed by atoms with Gasteiger partial charge in [0, 0.05) is 51.5 Å². The third kappa shape index (κ3) is 5.93. The van der Waals surface area contributed by atoms with Crippen molar-refractivity contribution >= 4 is 35.6 Å². The van der Waals surface area contributed by atoms with Crippen LogP contribution in [0.5, 0.6) is 0 Å². The first kappa shape index (κ1) is 30.4. The first-order valence-corrected chi connectivity index (χ1v) is 13.4. The molecule has 11 nitrogen and oxygen atoms in total. The smallest absolute Gasteiger partial charge is 0.435 e. The van der Waals surface area contributed by atoms with Gasteiger partial charge in [-0.2, -0.15) is 18.3 Å². The van der Waals surface area contributed by atoms with Crippen LogP contribution < -0.4 is 10.6 Å². The number of benzene rings is 1. The molecule has 2 aromatic heterocycles. The molecule has 3 N–H and O–H groups in total. The van der Waals surface area contributed by atoms with Crippen molar-refractivity contribution in [2.45, 2.75) is 24.6 Å². The van der Waals surface area contributed by atoms with E-state index in [1.54, 1.807) is 4.90 Å². The van der Waals surface area contributed by atoms with Crippen LogP contribution in [-0.4, -0.2) is 79.7 Å². The number of fused-ring (bicyclic) bond motifs is 1. The van der Waals surface area contributed by atoms with Crippen LogP contribution in [0.1, 0.15) is 39.1 Å². The Kier molecular flexibility index (Phi) is 7.94. The van der Waals surface area contributed by atoms with Gasteiger partial charge in [-0.05, 0) is 30.0 Å². The first-order chi connectivity index (χ1) is 20.2. The summed E-state index contributed by atoms with van der Waals surface area (Å²) in [7, 11) is 1.33. The summed E-state index contributed by atoms with van der Waals surface area (Å²) in [6.45, 7) is 2.78. The van der Waals surface area contributed by atoms with E-state index in [9.17, 15) is 31.5 Å². The molecule has 230 valence electrons. The number of hydrogen-bond acceptors (Lipinski definition) is 6. The highest BCUT2D eigenvalue weighted by atomic mass is 35.5. The summed E-state index contributed by atoms with van der Waals surface area (Å²) < 4.78 is 69.8. The molecule has 2 aliphatic heterocycles. The molecule has 0 radical (unpaired) electrons. The number of carboxylic acid groups (broad SMARTS) is 1. The molecule has 2 saturated heterocycles. The van der Waals surface area contributed by atoms with E-state index in [2.05, 4.69) is 20.7 Å². The summed E-state index contributed by atoms with van der Waals surface area (Å²) >= 11 is 6.38. The standard InChI is InChI=1S/C25H23ClF5N7O2.CH2O2/c1-36-18(16-11-38(19-5-24(19,27)28)35-20(16)25(29,30)31)8-33-21(36)22(39)34-14-2-3-15(17(26)4-14)23(40)37-9-12-6-32-7-13(12)10-37;2-1-3/h2-4,8,11-13,19,32H,5-7,9-10H2,1H3,(H,34,39);1H,(H,2,3)/t12-,13-,19?;/m1./s1. The van der Waals surface area contributed by atoms with E-state index in [0.29, 0.717) is 35.2 Å². The maximum absolute atomic E-state index is 13.7. The number of nitrogens with zero attached hydrogens (tertiary/aromatic N) is 5. The van der Waals surface area contributed by atoms with Gasteiger partial charge in [0.15, 0.2) is 11.5 Å². The molecule has 0 spiro atoms. The van der Waals surface area contributed by atoms with E-state index in [4.69, 9.17) is 21.5 Å². The number of carbonyl (C=O) groups is 3. The molecule has 1 saturated carbocycles. The van der Waals surface area contributed by atoms with E-state index in [1.807, 2.05) is 0 Å². The average Bonchev–Trinajstić information content (AvgIpc) is 3.47. The Morgan fingerprint density at radius 2 is 1.84 bits per heavy atom. The van der Waals surface area contributed by atoms with Gasteiger partial charge < -0.3 is 25.2 Å². The highest BCUT2D eigenvalue weighted by Gasteiger charge is 2.59. The molecule has 3 aromatic rings. The molecule has 1 aliphatic carbocycles. The van der Waals surface area contributed by atoms with Gasteiger partial charge in [-0.1, -0.05) is 11.6 Å². The van der Waals surface area contributed by atoms with E-state index >= 15 is 0 Å². The topological polar surface area (TPSA) is 134 Å². The molecular formula is C26H25ClF5N7O4. The van der Waals surface area contributed by atoms with Gasteiger partial charge in [-0.3, -0.25) is 19.1 Å². The zero-order valence-electron chi connectivity index (χ0n) is 22.4. The number of halogens is 6. The van der Waals surface area contributed by atoms with Crippen molar-refractivity contribution in [3.8, 4) is 11.3 Å². The normalized spacial score (nSPS) is 22.0. The van der Waals surface area contributed by atoms with Crippen molar-refractivity contribution in [1.82, 2.24) is 29.5 Å². The Labute approximate surface area is 245 Å². The van der Waals surface area contributed by atoms with Crippen molar-refractivity contribution in [3.63, 3.8) is 0 Å². The molecule has 6 rings (SSSR count). The number of aromatic nitrogens is 4. The fourth-order valence-electron chi connectivity index (χ4n) is 5.45. The average molecular weight is 630 g/mol. The number of alkyl halides is 5. The Bertz CT molecular complexity index is 1560. The molecule has 1 aromatic carbocycles. The van der Waals surface area contributed by atoms with Crippen LogP contribution >= 0.6 is 11.6 Å². The second kappa shape index (κ2) is 11.2. The van der Waals surface area contributed by atoms with E-state index in [1.165, 1.54) is 25.2 Å². The van der Waals surface area contributed by atoms with E-state index in [0.717, 1.165) is 30.1 Å². The fraction of sp³-hybridized carbons (Fsp3) is 0.423. The number of imidazole rings is 1. The lowest BCUT2D eigenvalue weighted by molar-refractivity contribution is -0.141. The van der Waals surface area contributed by atoms with Gasteiger partial charge in [0.25, 0.3) is 24.2 Å². The number of nitrogens with one attached hydrogen (secondary N) is 2. The number of amides is 2. The van der Waals surface area contributed by atoms with Crippen LogP contribution in [0.2, 0.25) is 5.02 Å². The van der Waals surface area contributed by atoms with Gasteiger partial charge in [0.1, 0.15) is 6.04 Å². The first-order valence-electron chi connectivity index (χ1n) is 13.0. The Balaban J connectivity index is 0.00000118. The predicted octanol–water partition coefficient (Wildman–Crippen LogP) is 3.78. The lowest BCUT2D eigenvalue weighted by atomic mass is 10.0. The molecule has 4 heterocycles. The lowest BCUT2D eigenvalue weighted by Crippen LogP contribution is -2.32. The minimum absolute atomic E-state index is 0.128. The molecule has 17 heteroatoms. The zero-order valence-corrected chi connectivity index (χ0v) is 23.2. The van der Waals surface area contributed by atoms with Gasteiger partial charge >= 0.3 is 6.18 Å². The number of rotatable bonds is 5. The van der Waals surface area contributed by atoms with Crippen LogP contribution in [0, 0.1) is 11.8 Å². The van der Waals surface area contributed by atoms with Gasteiger partial charge in [-0.25, -0.2) is 13.8 Å². The molecule has 3 aliphatic rings. The lowest BCUT2D eigenvalue weighted by Gasteiger charge is -2.18. The van der Waals surface area contributed by atoms with Crippen LogP contribution in [-0.2, 0) is 18.0 Å². The van der Waals surface area contributed by atoms with Gasteiger partial charge in [-0.15, -0.1) is 0 Å². The maximum Gasteiger partial charge on any atom is 0.435 e. The summed E-state index contributed by atoms with van der Waals surface area (Å²) in [6.07, 6.45) is -3.58. The third-order valence-corrected chi connectivity index (χ3v) is 8.03. The molecular weight excluding hydrogens is 605 g/mol. The molecule has 43 heavy (non-hydrogen) atoms. The number of hydrogen-bond donors (Lipinski definition) is 3. The summed E-state index contributed by atoms with van der Waals surface area (Å²) in [6, 6.07) is 2.96.